The van der Waals surface area contributed by atoms with Gasteiger partial charge in [-0.2, -0.15) is 5.10 Å². The zero-order valence-corrected chi connectivity index (χ0v) is 20.3. The normalized spacial score (nSPS) is 11.4. The Kier molecular flexibility index (Phi) is 7.06. The van der Waals surface area contributed by atoms with Gasteiger partial charge in [0.05, 0.1) is 34.7 Å². The maximum absolute atomic E-state index is 12.9. The van der Waals surface area contributed by atoms with E-state index in [-0.39, 0.29) is 22.0 Å². The van der Waals surface area contributed by atoms with E-state index in [2.05, 4.69) is 21.7 Å². The van der Waals surface area contributed by atoms with E-state index in [1.165, 1.54) is 18.3 Å². The Bertz CT molecular complexity index is 1280. The summed E-state index contributed by atoms with van der Waals surface area (Å²) in [4.78, 5) is 18.1. The monoisotopic (exact) mass is 471 g/mol. The SMILES string of the molecule is CCCn1nc(C)cc1CN(C)c1ncc(NS(=O)(=O)c2ccc(C)cc2C)cc1C(=O)O. The van der Waals surface area contributed by atoms with Crippen LogP contribution in [0.4, 0.5) is 11.5 Å². The zero-order chi connectivity index (χ0) is 24.3. The van der Waals surface area contributed by atoms with E-state index in [4.69, 9.17) is 0 Å². The van der Waals surface area contributed by atoms with Gasteiger partial charge in [0.2, 0.25) is 0 Å². The molecule has 0 saturated carbocycles. The molecule has 0 spiro atoms. The first kappa shape index (κ1) is 24.2. The second-order valence-corrected chi connectivity index (χ2v) is 9.78. The number of carbonyl (C=O) groups is 1. The first-order valence-electron chi connectivity index (χ1n) is 10.6. The summed E-state index contributed by atoms with van der Waals surface area (Å²) < 4.78 is 30.1. The molecule has 0 unspecified atom stereocenters. The summed E-state index contributed by atoms with van der Waals surface area (Å²) in [5.41, 5.74) is 3.35. The molecule has 0 saturated heterocycles. The predicted octanol–water partition coefficient (Wildman–Crippen LogP) is 3.75. The Labute approximate surface area is 194 Å². The summed E-state index contributed by atoms with van der Waals surface area (Å²) in [5, 5.41) is 14.3. The number of hydrogen-bond donors (Lipinski definition) is 2. The molecular weight excluding hydrogens is 442 g/mol. The van der Waals surface area contributed by atoms with Crippen molar-refractivity contribution in [3.05, 3.63) is 64.6 Å². The molecule has 1 aromatic carbocycles. The Morgan fingerprint density at radius 2 is 1.91 bits per heavy atom. The Morgan fingerprint density at radius 1 is 1.18 bits per heavy atom. The molecule has 9 nitrogen and oxygen atoms in total. The highest BCUT2D eigenvalue weighted by molar-refractivity contribution is 7.92. The van der Waals surface area contributed by atoms with Crippen molar-refractivity contribution in [3.63, 3.8) is 0 Å². The van der Waals surface area contributed by atoms with Gasteiger partial charge in [0.15, 0.2) is 0 Å². The van der Waals surface area contributed by atoms with Gasteiger partial charge in [0.1, 0.15) is 11.4 Å². The molecule has 33 heavy (non-hydrogen) atoms. The number of aromatic carboxylic acids is 1. The van der Waals surface area contributed by atoms with Gasteiger partial charge >= 0.3 is 5.97 Å². The maximum Gasteiger partial charge on any atom is 0.339 e. The van der Waals surface area contributed by atoms with Crippen LogP contribution in [0.5, 0.6) is 0 Å². The van der Waals surface area contributed by atoms with Crippen LogP contribution in [0.2, 0.25) is 0 Å². The van der Waals surface area contributed by atoms with Crippen molar-refractivity contribution < 1.29 is 18.3 Å². The molecule has 0 aliphatic rings. The van der Waals surface area contributed by atoms with Crippen LogP contribution in [0.3, 0.4) is 0 Å². The van der Waals surface area contributed by atoms with E-state index in [9.17, 15) is 18.3 Å². The number of hydrogen-bond acceptors (Lipinski definition) is 6. The van der Waals surface area contributed by atoms with Gasteiger partial charge in [-0.05, 0) is 51.0 Å². The number of aromatic nitrogens is 3. The lowest BCUT2D eigenvalue weighted by atomic mass is 10.2. The lowest BCUT2D eigenvalue weighted by Crippen LogP contribution is -2.23. The fourth-order valence-electron chi connectivity index (χ4n) is 3.74. The van der Waals surface area contributed by atoms with Crippen LogP contribution in [-0.4, -0.2) is 41.3 Å². The summed E-state index contributed by atoms with van der Waals surface area (Å²) in [7, 11) is -2.16. The number of benzene rings is 1. The third kappa shape index (κ3) is 5.51. The van der Waals surface area contributed by atoms with Crippen molar-refractivity contribution in [3.8, 4) is 0 Å². The molecule has 0 aliphatic carbocycles. The van der Waals surface area contributed by atoms with Gasteiger partial charge in [0.25, 0.3) is 10.0 Å². The molecule has 3 aromatic rings. The number of carboxylic acid groups (broad SMARTS) is 1. The Balaban J connectivity index is 1.90. The van der Waals surface area contributed by atoms with Crippen LogP contribution in [0.25, 0.3) is 0 Å². The lowest BCUT2D eigenvalue weighted by molar-refractivity contribution is 0.0697. The van der Waals surface area contributed by atoms with Crippen molar-refractivity contribution in [2.75, 3.05) is 16.7 Å². The smallest absolute Gasteiger partial charge is 0.339 e. The number of rotatable bonds is 9. The highest BCUT2D eigenvalue weighted by Crippen LogP contribution is 2.25. The molecule has 0 aliphatic heterocycles. The number of pyridine rings is 1. The molecule has 176 valence electrons. The lowest BCUT2D eigenvalue weighted by Gasteiger charge is -2.21. The molecule has 2 N–H and O–H groups in total. The number of nitrogens with zero attached hydrogens (tertiary/aromatic N) is 4. The Hall–Kier alpha value is -3.40. The molecule has 0 radical (unpaired) electrons. The average molecular weight is 472 g/mol. The van der Waals surface area contributed by atoms with E-state index >= 15 is 0 Å². The quantitative estimate of drug-likeness (QED) is 0.488. The minimum absolute atomic E-state index is 0.0800. The van der Waals surface area contributed by atoms with Crippen molar-refractivity contribution in [2.24, 2.45) is 0 Å². The van der Waals surface area contributed by atoms with Crippen molar-refractivity contribution >= 4 is 27.5 Å². The van der Waals surface area contributed by atoms with Crippen LogP contribution in [0.15, 0.2) is 41.4 Å². The third-order valence-corrected chi connectivity index (χ3v) is 6.69. The summed E-state index contributed by atoms with van der Waals surface area (Å²) >= 11 is 0. The van der Waals surface area contributed by atoms with Crippen LogP contribution in [-0.2, 0) is 23.1 Å². The standard InChI is InChI=1S/C23H29N5O4S/c1-6-9-28-19(11-17(4)25-28)14-27(5)22-20(23(29)30)12-18(13-24-22)26-33(31,32)21-8-7-15(2)10-16(21)3/h7-8,10-13,26H,6,9,14H2,1-5H3,(H,29,30). The number of aryl methyl sites for hydroxylation is 4. The highest BCUT2D eigenvalue weighted by Gasteiger charge is 2.21. The minimum Gasteiger partial charge on any atom is -0.478 e. The van der Waals surface area contributed by atoms with Gasteiger partial charge in [-0.25, -0.2) is 18.2 Å². The van der Waals surface area contributed by atoms with Gasteiger partial charge in [-0.1, -0.05) is 24.6 Å². The van der Waals surface area contributed by atoms with E-state index in [0.717, 1.165) is 29.9 Å². The molecule has 2 heterocycles. The number of nitrogens with one attached hydrogen (secondary N) is 1. The van der Waals surface area contributed by atoms with Gasteiger partial charge in [-0.3, -0.25) is 9.40 Å². The van der Waals surface area contributed by atoms with E-state index in [1.54, 1.807) is 31.0 Å². The minimum atomic E-state index is -3.90. The number of anilines is 2. The molecular formula is C23H29N5O4S. The highest BCUT2D eigenvalue weighted by atomic mass is 32.2. The summed E-state index contributed by atoms with van der Waals surface area (Å²) in [6.45, 7) is 8.73. The largest absolute Gasteiger partial charge is 0.478 e. The number of carboxylic acids is 1. The molecule has 0 amide bonds. The van der Waals surface area contributed by atoms with Gasteiger partial charge in [-0.15, -0.1) is 0 Å². The van der Waals surface area contributed by atoms with Crippen molar-refractivity contribution in [1.82, 2.24) is 14.8 Å². The van der Waals surface area contributed by atoms with E-state index in [1.807, 2.05) is 24.6 Å². The summed E-state index contributed by atoms with van der Waals surface area (Å²) in [6, 6.07) is 8.27. The second-order valence-electron chi connectivity index (χ2n) is 8.13. The van der Waals surface area contributed by atoms with Crippen LogP contribution < -0.4 is 9.62 Å². The molecule has 0 bridgehead atoms. The fourth-order valence-corrected chi connectivity index (χ4v) is 5.00. The van der Waals surface area contributed by atoms with E-state index in [0.29, 0.717) is 12.1 Å². The predicted molar refractivity (Wildman–Crippen MR) is 127 cm³/mol. The van der Waals surface area contributed by atoms with Gasteiger partial charge < -0.3 is 10.0 Å². The molecule has 3 rings (SSSR count). The number of sulfonamides is 1. The first-order chi connectivity index (χ1) is 15.5. The topological polar surface area (TPSA) is 117 Å². The fraction of sp³-hybridized carbons (Fsp3) is 0.348. The van der Waals surface area contributed by atoms with Crippen LogP contribution in [0.1, 0.15) is 46.2 Å². The Morgan fingerprint density at radius 3 is 2.55 bits per heavy atom. The van der Waals surface area contributed by atoms with Crippen LogP contribution in [0, 0.1) is 20.8 Å². The zero-order valence-electron chi connectivity index (χ0n) is 19.5. The second kappa shape index (κ2) is 9.62. The third-order valence-electron chi connectivity index (χ3n) is 5.15. The summed E-state index contributed by atoms with van der Waals surface area (Å²) in [6.07, 6.45) is 2.25. The average Bonchev–Trinajstić information content (AvgIpc) is 3.06. The van der Waals surface area contributed by atoms with E-state index < -0.39 is 16.0 Å². The maximum atomic E-state index is 12.9. The van der Waals surface area contributed by atoms with Gasteiger partial charge in [0, 0.05) is 13.6 Å². The summed E-state index contributed by atoms with van der Waals surface area (Å²) in [5.74, 6) is -0.964. The molecule has 2 aromatic heterocycles. The van der Waals surface area contributed by atoms with Crippen LogP contribution >= 0.6 is 0 Å². The molecule has 0 atom stereocenters. The first-order valence-corrected chi connectivity index (χ1v) is 12.1. The van der Waals surface area contributed by atoms with Crippen molar-refractivity contribution in [1.29, 1.82) is 0 Å². The molecule has 10 heteroatoms. The molecule has 0 fully saturated rings. The van der Waals surface area contributed by atoms with Crippen molar-refractivity contribution in [2.45, 2.75) is 52.1 Å².